The molecule has 2 N–H and O–H groups in total. The van der Waals surface area contributed by atoms with Crippen molar-refractivity contribution in [1.29, 1.82) is 0 Å². The van der Waals surface area contributed by atoms with E-state index in [9.17, 15) is 9.90 Å². The Kier molecular flexibility index (Phi) is 5.65. The van der Waals surface area contributed by atoms with Crippen molar-refractivity contribution in [2.75, 3.05) is 26.2 Å². The third-order valence-corrected chi connectivity index (χ3v) is 5.12. The number of aliphatic hydroxyl groups is 1. The first kappa shape index (κ1) is 18.2. The van der Waals surface area contributed by atoms with Gasteiger partial charge in [0.05, 0.1) is 17.8 Å². The minimum Gasteiger partial charge on any atom is -0.389 e. The molecule has 2 amide bonds. The molecule has 1 aliphatic heterocycles. The van der Waals surface area contributed by atoms with Gasteiger partial charge in [-0.15, -0.1) is 11.3 Å². The lowest BCUT2D eigenvalue weighted by atomic mass is 10.1. The first-order valence-electron chi connectivity index (χ1n) is 8.08. The van der Waals surface area contributed by atoms with Gasteiger partial charge in [-0.3, -0.25) is 4.90 Å². The number of carbonyl (C=O) groups excluding carboxylic acids is 1. The summed E-state index contributed by atoms with van der Waals surface area (Å²) in [5.74, 6) is 0. The number of urea groups is 1. The number of nitrogens with one attached hydrogen (secondary N) is 1. The summed E-state index contributed by atoms with van der Waals surface area (Å²) in [6.07, 6.45) is 0. The molecule has 1 fully saturated rings. The number of piperazine rings is 1. The normalized spacial score (nSPS) is 19.9. The Labute approximate surface area is 142 Å². The highest BCUT2D eigenvalue weighted by Gasteiger charge is 2.29. The van der Waals surface area contributed by atoms with E-state index in [1.165, 1.54) is 4.88 Å². The average molecular weight is 340 g/mol. The van der Waals surface area contributed by atoms with Gasteiger partial charge in [0.1, 0.15) is 5.01 Å². The summed E-state index contributed by atoms with van der Waals surface area (Å²) in [5.41, 5.74) is 0.331. The Balaban J connectivity index is 1.84. The Hall–Kier alpha value is -1.18. The van der Waals surface area contributed by atoms with Gasteiger partial charge in [-0.05, 0) is 34.6 Å². The van der Waals surface area contributed by atoms with Gasteiger partial charge in [-0.25, -0.2) is 9.78 Å². The highest BCUT2D eigenvalue weighted by Crippen LogP contribution is 2.17. The van der Waals surface area contributed by atoms with Crippen molar-refractivity contribution in [3.05, 3.63) is 15.6 Å². The number of hydrogen-bond donors (Lipinski definition) is 2. The smallest absolute Gasteiger partial charge is 0.318 e. The van der Waals surface area contributed by atoms with E-state index in [2.05, 4.69) is 15.2 Å². The molecule has 2 rings (SSSR count). The third kappa shape index (κ3) is 5.16. The monoisotopic (exact) mass is 340 g/mol. The number of aromatic nitrogens is 1. The fraction of sp³-hybridized carbons (Fsp3) is 0.750. The summed E-state index contributed by atoms with van der Waals surface area (Å²) in [5, 5.41) is 13.8. The summed E-state index contributed by atoms with van der Waals surface area (Å²) < 4.78 is 0. The van der Waals surface area contributed by atoms with Crippen LogP contribution in [-0.2, 0) is 6.54 Å². The maximum atomic E-state index is 12.4. The molecule has 1 saturated heterocycles. The molecular weight excluding hydrogens is 312 g/mol. The van der Waals surface area contributed by atoms with Gasteiger partial charge >= 0.3 is 6.03 Å². The molecule has 1 aromatic rings. The van der Waals surface area contributed by atoms with Gasteiger partial charge in [0.2, 0.25) is 0 Å². The summed E-state index contributed by atoms with van der Waals surface area (Å²) in [6.45, 7) is 13.1. The van der Waals surface area contributed by atoms with Crippen LogP contribution in [0, 0.1) is 13.8 Å². The molecular formula is C16H28N4O2S. The first-order chi connectivity index (χ1) is 10.7. The molecule has 1 atom stereocenters. The molecule has 0 unspecified atom stereocenters. The zero-order valence-electron chi connectivity index (χ0n) is 14.7. The fourth-order valence-corrected chi connectivity index (χ4v) is 3.77. The first-order valence-corrected chi connectivity index (χ1v) is 8.89. The van der Waals surface area contributed by atoms with E-state index in [0.29, 0.717) is 19.6 Å². The van der Waals surface area contributed by atoms with Gasteiger partial charge in [0, 0.05) is 37.1 Å². The van der Waals surface area contributed by atoms with E-state index in [1.54, 1.807) is 11.3 Å². The van der Waals surface area contributed by atoms with Crippen LogP contribution in [0.1, 0.15) is 36.3 Å². The molecule has 2 heterocycles. The molecule has 1 aromatic heterocycles. The number of amides is 2. The van der Waals surface area contributed by atoms with E-state index in [1.807, 2.05) is 39.5 Å². The fourth-order valence-electron chi connectivity index (χ4n) is 2.89. The van der Waals surface area contributed by atoms with Crippen molar-refractivity contribution < 1.29 is 9.90 Å². The average Bonchev–Trinajstić information content (AvgIpc) is 2.73. The lowest BCUT2D eigenvalue weighted by Crippen LogP contribution is -2.58. The van der Waals surface area contributed by atoms with Crippen molar-refractivity contribution >= 4 is 17.4 Å². The van der Waals surface area contributed by atoms with Gasteiger partial charge in [0.25, 0.3) is 0 Å². The summed E-state index contributed by atoms with van der Waals surface area (Å²) >= 11 is 1.63. The second-order valence-electron chi connectivity index (χ2n) is 7.00. The van der Waals surface area contributed by atoms with E-state index in [-0.39, 0.29) is 12.1 Å². The standard InChI is InChI=1S/C16H28N4O2S/c1-11-9-19(10-16(4,5)22)6-7-20(11)15(21)17-8-14-18-12(2)13(3)23-14/h11,22H,6-10H2,1-5H3,(H,17,21)/t11-/m1/s1. The van der Waals surface area contributed by atoms with E-state index < -0.39 is 5.60 Å². The number of aryl methyl sites for hydroxylation is 2. The maximum absolute atomic E-state index is 12.4. The minimum absolute atomic E-state index is 0.0362. The molecule has 0 saturated carbocycles. The van der Waals surface area contributed by atoms with Crippen LogP contribution in [0.5, 0.6) is 0 Å². The molecule has 0 bridgehead atoms. The Morgan fingerprint density at radius 1 is 1.43 bits per heavy atom. The number of thiazole rings is 1. The van der Waals surface area contributed by atoms with Crippen LogP contribution in [0.25, 0.3) is 0 Å². The van der Waals surface area contributed by atoms with E-state index >= 15 is 0 Å². The Morgan fingerprint density at radius 3 is 2.65 bits per heavy atom. The van der Waals surface area contributed by atoms with Crippen LogP contribution < -0.4 is 5.32 Å². The largest absolute Gasteiger partial charge is 0.389 e. The summed E-state index contributed by atoms with van der Waals surface area (Å²) in [7, 11) is 0. The van der Waals surface area contributed by atoms with Gasteiger partial charge in [-0.1, -0.05) is 0 Å². The van der Waals surface area contributed by atoms with Gasteiger partial charge in [-0.2, -0.15) is 0 Å². The van der Waals surface area contributed by atoms with Crippen molar-refractivity contribution in [2.45, 2.75) is 52.8 Å². The van der Waals surface area contributed by atoms with Crippen molar-refractivity contribution in [3.63, 3.8) is 0 Å². The van der Waals surface area contributed by atoms with Gasteiger partial charge in [0.15, 0.2) is 0 Å². The summed E-state index contributed by atoms with van der Waals surface area (Å²) in [6, 6.07) is 0.0942. The van der Waals surface area contributed by atoms with E-state index in [0.717, 1.165) is 23.8 Å². The number of nitrogens with zero attached hydrogens (tertiary/aromatic N) is 3. The van der Waals surface area contributed by atoms with Crippen molar-refractivity contribution in [2.24, 2.45) is 0 Å². The van der Waals surface area contributed by atoms with Crippen LogP contribution in [0.2, 0.25) is 0 Å². The quantitative estimate of drug-likeness (QED) is 0.876. The zero-order chi connectivity index (χ0) is 17.2. The number of hydrogen-bond acceptors (Lipinski definition) is 5. The third-order valence-electron chi connectivity index (χ3n) is 4.05. The molecule has 1 aliphatic rings. The van der Waals surface area contributed by atoms with Crippen LogP contribution in [0.4, 0.5) is 4.79 Å². The molecule has 0 aliphatic carbocycles. The zero-order valence-corrected chi connectivity index (χ0v) is 15.5. The van der Waals surface area contributed by atoms with Crippen LogP contribution in [0.15, 0.2) is 0 Å². The summed E-state index contributed by atoms with van der Waals surface area (Å²) in [4.78, 5) is 22.1. The van der Waals surface area contributed by atoms with Crippen molar-refractivity contribution in [1.82, 2.24) is 20.1 Å². The van der Waals surface area contributed by atoms with Crippen LogP contribution in [-0.4, -0.2) is 63.7 Å². The Morgan fingerprint density at radius 2 is 2.13 bits per heavy atom. The molecule has 0 radical (unpaired) electrons. The molecule has 7 heteroatoms. The maximum Gasteiger partial charge on any atom is 0.318 e. The highest BCUT2D eigenvalue weighted by atomic mass is 32.1. The SMILES string of the molecule is Cc1nc(CNC(=O)N2CCN(CC(C)(C)O)C[C@H]2C)sc1C. The van der Waals surface area contributed by atoms with Crippen LogP contribution >= 0.6 is 11.3 Å². The molecule has 0 spiro atoms. The second-order valence-corrected chi connectivity index (χ2v) is 8.29. The Bertz CT molecular complexity index is 533. The lowest BCUT2D eigenvalue weighted by Gasteiger charge is -2.41. The lowest BCUT2D eigenvalue weighted by molar-refractivity contribution is 0.0119. The number of rotatable bonds is 4. The minimum atomic E-state index is -0.704. The van der Waals surface area contributed by atoms with Gasteiger partial charge < -0.3 is 15.3 Å². The number of β-amino-alcohol motifs (C(OH)–C–C–N with tert-alkyl or cyclic N) is 1. The molecule has 130 valence electrons. The molecule has 6 nitrogen and oxygen atoms in total. The van der Waals surface area contributed by atoms with E-state index in [4.69, 9.17) is 0 Å². The topological polar surface area (TPSA) is 68.7 Å². The predicted octanol–water partition coefficient (Wildman–Crippen LogP) is 1.75. The predicted molar refractivity (Wildman–Crippen MR) is 92.7 cm³/mol. The van der Waals surface area contributed by atoms with Crippen molar-refractivity contribution in [3.8, 4) is 0 Å². The second kappa shape index (κ2) is 7.15. The molecule has 0 aromatic carbocycles. The number of carbonyl (C=O) groups is 1. The van der Waals surface area contributed by atoms with Crippen LogP contribution in [0.3, 0.4) is 0 Å². The highest BCUT2D eigenvalue weighted by molar-refractivity contribution is 7.11. The molecule has 23 heavy (non-hydrogen) atoms.